The molecular formula is C68H26Cl39F2N19. The molecule has 0 spiro atoms. The van der Waals surface area contributed by atoms with Crippen LogP contribution in [0.3, 0.4) is 0 Å². The van der Waals surface area contributed by atoms with Crippen LogP contribution < -0.4 is 0 Å². The van der Waals surface area contributed by atoms with Gasteiger partial charge in [0.15, 0.2) is 111 Å². The van der Waals surface area contributed by atoms with Crippen molar-refractivity contribution < 1.29 is 8.78 Å². The average Bonchev–Trinajstić information content (AvgIpc) is 0.773. The molecule has 0 bridgehead atoms. The Kier molecular flexibility index (Phi) is 42.3. The quantitative estimate of drug-likeness (QED) is 0.111. The van der Waals surface area contributed by atoms with E-state index in [0.29, 0.717) is 38.5 Å². The van der Waals surface area contributed by atoms with Gasteiger partial charge in [-0.2, -0.15) is 0 Å². The molecule has 0 N–H and O–H groups in total. The minimum absolute atomic E-state index is 0.0215. The number of alkyl halides is 36. The predicted octanol–water partition coefficient (Wildman–Crippen LogP) is 34.2. The molecule has 6 aromatic heterocycles. The summed E-state index contributed by atoms with van der Waals surface area (Å²) in [5.41, 5.74) is 3.82. The van der Waals surface area contributed by atoms with Crippen molar-refractivity contribution in [3.05, 3.63) is 253 Å². The molecule has 12 aromatic rings. The first-order valence-corrected chi connectivity index (χ1v) is 46.8. The van der Waals surface area contributed by atoms with Crippen LogP contribution in [0.1, 0.15) is 75.5 Å². The van der Waals surface area contributed by atoms with Crippen LogP contribution in [-0.2, 0) is 45.5 Å². The molecule has 0 amide bonds. The first-order valence-electron chi connectivity index (χ1n) is 32.1. The zero-order valence-electron chi connectivity index (χ0n) is 60.3. The Labute approximate surface area is 918 Å². The van der Waals surface area contributed by atoms with E-state index in [-0.39, 0.29) is 97.4 Å². The Morgan fingerprint density at radius 3 is 0.641 bits per heavy atom. The van der Waals surface area contributed by atoms with Gasteiger partial charge in [0, 0.05) is 27.3 Å². The average molecular weight is 2530 g/mol. The fourth-order valence-corrected chi connectivity index (χ4v) is 12.2. The lowest BCUT2D eigenvalue weighted by Gasteiger charge is -2.16. The molecule has 128 heavy (non-hydrogen) atoms. The molecule has 0 atom stereocenters. The van der Waals surface area contributed by atoms with Gasteiger partial charge in [0.1, 0.15) is 11.6 Å². The summed E-state index contributed by atoms with van der Waals surface area (Å²) in [4.78, 5) is 74.7. The summed E-state index contributed by atoms with van der Waals surface area (Å²) in [5.74, 6) is -3.84. The van der Waals surface area contributed by atoms with Crippen molar-refractivity contribution in [1.82, 2.24) is 89.7 Å². The van der Waals surface area contributed by atoms with Crippen molar-refractivity contribution in [3.63, 3.8) is 0 Å². The monoisotopic (exact) mass is 2510 g/mol. The zero-order valence-corrected chi connectivity index (χ0v) is 89.8. The number of nitrogens with zero attached hydrogens (tertiary/aromatic N) is 19. The van der Waals surface area contributed by atoms with Crippen LogP contribution in [0.4, 0.5) is 14.5 Å². The SMILES string of the molecule is Cc1ccc(-c2nc(C(Cl)(Cl)Cl)nc(C(Cl)(Cl)Cl)n2)cc1.ClC(Cl)(Cl)c1nc(-c2ccccc2)nc(C(Cl)(Cl)Cl)n1.Clc1ccc(-c2nc(C(Cl)(Cl)Cl)nc(C(Cl)(Cl)Cl)n2)cc1.Clc1cccc(Cl)c1-c1nc(C(Cl)(Cl)Cl)nc(C(Cl)(Cl)Cl)n1.Fc1cccc(F)c1-c1nc(C(Cl)(Cl)Cl)nc(C(Cl)(Cl)Cl)n1.[C-]#[N+]c1ccc(-c2nc(C(Cl)(Cl)Cl)nc(C(Cl)(Cl)Cl)n2)cc1. The number of halogens is 41. The number of hydrogen-bond acceptors (Lipinski definition) is 18. The molecule has 12 rings (SSSR count). The summed E-state index contributed by atoms with van der Waals surface area (Å²) in [5, 5.41) is 1.12. The summed E-state index contributed by atoms with van der Waals surface area (Å²) in [7, 11) is 0. The van der Waals surface area contributed by atoms with Gasteiger partial charge in [-0.25, -0.2) is 103 Å². The fraction of sp³-hybridized carbons (Fsp3) is 0.191. The van der Waals surface area contributed by atoms with Crippen LogP contribution in [0.5, 0.6) is 0 Å². The molecule has 0 saturated heterocycles. The van der Waals surface area contributed by atoms with Gasteiger partial charge in [-0.15, -0.1) is 0 Å². The lowest BCUT2D eigenvalue weighted by molar-refractivity contribution is 0.586. The van der Waals surface area contributed by atoms with Gasteiger partial charge in [0.25, 0.3) is 0 Å². The molecule has 0 saturated carbocycles. The number of benzene rings is 6. The predicted molar refractivity (Wildman–Crippen MR) is 528 cm³/mol. The van der Waals surface area contributed by atoms with Gasteiger partial charge in [-0.05, 0) is 55.5 Å². The molecule has 0 aliphatic rings. The van der Waals surface area contributed by atoms with Crippen molar-refractivity contribution in [2.75, 3.05) is 0 Å². The highest BCUT2D eigenvalue weighted by Crippen LogP contribution is 2.49. The van der Waals surface area contributed by atoms with E-state index in [2.05, 4.69) is 94.6 Å². The molecule has 0 aliphatic heterocycles. The van der Waals surface area contributed by atoms with E-state index >= 15 is 0 Å². The molecule has 0 radical (unpaired) electrons. The summed E-state index contributed by atoms with van der Waals surface area (Å²) in [6, 6.07) is 37.6. The summed E-state index contributed by atoms with van der Waals surface area (Å²) in [6.45, 7) is 8.88. The minimum atomic E-state index is -2.11. The second-order valence-electron chi connectivity index (χ2n) is 23.4. The van der Waals surface area contributed by atoms with Crippen molar-refractivity contribution in [2.24, 2.45) is 0 Å². The van der Waals surface area contributed by atoms with E-state index in [1.54, 1.807) is 78.9 Å². The third-order valence-electron chi connectivity index (χ3n) is 13.9. The third-order valence-corrected chi connectivity index (χ3v) is 20.9. The largest absolute Gasteiger partial charge is 0.250 e. The molecule has 680 valence electrons. The van der Waals surface area contributed by atoms with E-state index in [4.69, 9.17) is 459 Å². The van der Waals surface area contributed by atoms with E-state index < -0.39 is 80.2 Å². The van der Waals surface area contributed by atoms with Crippen molar-refractivity contribution in [2.45, 2.75) is 52.4 Å². The molecule has 0 aliphatic carbocycles. The van der Waals surface area contributed by atoms with E-state index in [1.165, 1.54) is 6.07 Å². The van der Waals surface area contributed by atoms with Crippen LogP contribution >= 0.6 is 452 Å². The summed E-state index contributed by atoms with van der Waals surface area (Å²) >= 11 is 226. The highest BCUT2D eigenvalue weighted by molar-refractivity contribution is 6.72. The maximum absolute atomic E-state index is 13.9. The number of aromatic nitrogens is 18. The molecule has 0 fully saturated rings. The third kappa shape index (κ3) is 35.4. The molecule has 19 nitrogen and oxygen atoms in total. The Bertz CT molecular complexity index is 5440. The Balaban J connectivity index is 0.000000210. The standard InChI is InChI=1S/C12H4Cl6N4.C12H7Cl6N3.C11H3Cl8N3.C11H4Cl7N3.C11H3Cl6F2N3.C11H5Cl6N3/c1-19-7-4-2-6(3-5-7)8-20-9(11(13,14)15)22-10(21-8)12(16,17)18;1-6-2-4-7(5-3-6)8-19-9(11(13,14)15)21-10(20-8)12(16,17)18;12-4-2-1-3-5(13)6(4)7-20-8(10(14,15)16)22-9(21-7)11(17,18)19;12-6-3-1-5(2-4-6)7-19-8(10(13,14)15)21-9(20-7)11(16,17)18;12-10(13,14)8-20-7(21-9(22-8)11(15,16)17)6-4(18)2-1-3-5(6)19;12-10(13,14)8-18-7(6-4-2-1-3-5-6)19-9(20-8)11(15,16)17/h2-5H;2-5H,1H3;1-3H;1-4H;1-3H;1-5H. The van der Waals surface area contributed by atoms with E-state index in [1.807, 2.05) is 49.4 Å². The highest BCUT2D eigenvalue weighted by Gasteiger charge is 2.41. The fourth-order valence-electron chi connectivity index (χ4n) is 8.51. The van der Waals surface area contributed by atoms with Crippen molar-refractivity contribution >= 4 is 458 Å². The first kappa shape index (κ1) is 115. The van der Waals surface area contributed by atoms with Crippen LogP contribution in [0.25, 0.3) is 73.2 Å². The molecule has 6 aromatic carbocycles. The second-order valence-corrected chi connectivity index (χ2v) is 52.0. The van der Waals surface area contributed by atoms with Crippen LogP contribution in [0, 0.1) is 25.1 Å². The lowest BCUT2D eigenvalue weighted by atomic mass is 10.1. The smallest absolute Gasteiger partial charge is 0.238 e. The lowest BCUT2D eigenvalue weighted by Crippen LogP contribution is -2.17. The molecule has 6 heterocycles. The number of hydrogen-bond donors (Lipinski definition) is 0. The minimum Gasteiger partial charge on any atom is -0.238 e. The van der Waals surface area contributed by atoms with E-state index in [0.717, 1.165) is 17.7 Å². The van der Waals surface area contributed by atoms with Crippen molar-refractivity contribution in [3.8, 4) is 68.3 Å². The van der Waals surface area contributed by atoms with Crippen molar-refractivity contribution in [1.29, 1.82) is 0 Å². The van der Waals surface area contributed by atoms with Crippen LogP contribution in [-0.4, -0.2) is 89.7 Å². The normalized spacial score (nSPS) is 12.4. The van der Waals surface area contributed by atoms with Gasteiger partial charge < -0.3 is 0 Å². The zero-order chi connectivity index (χ0) is 96.6. The highest BCUT2D eigenvalue weighted by atomic mass is 35.6. The van der Waals surface area contributed by atoms with Crippen LogP contribution in [0.15, 0.2) is 140 Å². The molecule has 60 heteroatoms. The first-order chi connectivity index (χ1) is 58.4. The van der Waals surface area contributed by atoms with E-state index in [9.17, 15) is 8.78 Å². The van der Waals surface area contributed by atoms with Crippen LogP contribution in [0.2, 0.25) is 15.1 Å². The van der Waals surface area contributed by atoms with Gasteiger partial charge in [-0.1, -0.05) is 549 Å². The Hall–Kier alpha value is 0.0400. The maximum Gasteiger partial charge on any atom is 0.250 e. The topological polar surface area (TPSA) is 236 Å². The summed E-state index contributed by atoms with van der Waals surface area (Å²) in [6.07, 6.45) is 0. The maximum atomic E-state index is 13.9. The van der Waals surface area contributed by atoms with Gasteiger partial charge in [-0.3, -0.25) is 0 Å². The molecule has 0 unspecified atom stereocenters. The second kappa shape index (κ2) is 47.1. The van der Waals surface area contributed by atoms with Gasteiger partial charge >= 0.3 is 0 Å². The number of aryl methyl sites for hydroxylation is 1. The molecular weight excluding hydrogens is 2500 g/mol. The van der Waals surface area contributed by atoms with Gasteiger partial charge in [0.05, 0.1) is 27.7 Å². The Morgan fingerprint density at radius 1 is 0.219 bits per heavy atom. The van der Waals surface area contributed by atoms with Gasteiger partial charge in [0.2, 0.25) is 45.5 Å². The summed E-state index contributed by atoms with van der Waals surface area (Å²) < 4.78 is 4.62. The number of rotatable bonds is 6. The Morgan fingerprint density at radius 2 is 0.414 bits per heavy atom.